The molecule has 1 fully saturated rings. The molecule has 0 N–H and O–H groups in total. The van der Waals surface area contributed by atoms with E-state index in [0.29, 0.717) is 6.54 Å². The van der Waals surface area contributed by atoms with Crippen LogP contribution in [0, 0.1) is 29.6 Å². The number of nitriles is 2. The number of aryl methyl sites for hydroxylation is 1. The summed E-state index contributed by atoms with van der Waals surface area (Å²) in [4.78, 5) is 4.21. The maximum Gasteiger partial charge on any atom is 0.134 e. The highest BCUT2D eigenvalue weighted by Gasteiger charge is 2.25. The van der Waals surface area contributed by atoms with Crippen LogP contribution in [0.1, 0.15) is 11.1 Å². The molecule has 4 heteroatoms. The number of nitrogens with zero attached hydrogens (tertiary/aromatic N) is 4. The standard InChI is InChI=1S/C18H20N4/c1-14-4-6-15(7-5-14)10-22-12-17(11-21(2)3)18(13-22)16(8-19)9-20/h4-7,11H,10,12-13H2,1-3H3/b17-11-. The van der Waals surface area contributed by atoms with Crippen LogP contribution < -0.4 is 0 Å². The highest BCUT2D eigenvalue weighted by molar-refractivity contribution is 5.52. The molecule has 0 aromatic heterocycles. The first kappa shape index (κ1) is 15.8. The Labute approximate surface area is 132 Å². The first-order valence-electron chi connectivity index (χ1n) is 7.22. The lowest BCUT2D eigenvalue weighted by Gasteiger charge is -2.14. The Morgan fingerprint density at radius 3 is 2.36 bits per heavy atom. The largest absolute Gasteiger partial charge is 0.383 e. The lowest BCUT2D eigenvalue weighted by Crippen LogP contribution is -2.19. The summed E-state index contributed by atoms with van der Waals surface area (Å²) >= 11 is 0. The summed E-state index contributed by atoms with van der Waals surface area (Å²) in [5, 5.41) is 18.3. The Morgan fingerprint density at radius 2 is 1.82 bits per heavy atom. The van der Waals surface area contributed by atoms with E-state index in [4.69, 9.17) is 10.5 Å². The third-order valence-corrected chi connectivity index (χ3v) is 3.63. The number of benzene rings is 1. The molecule has 0 radical (unpaired) electrons. The van der Waals surface area contributed by atoms with E-state index in [1.54, 1.807) is 0 Å². The van der Waals surface area contributed by atoms with Gasteiger partial charge in [-0.2, -0.15) is 10.5 Å². The quantitative estimate of drug-likeness (QED) is 0.804. The molecule has 0 aliphatic carbocycles. The zero-order valence-corrected chi connectivity index (χ0v) is 13.3. The van der Waals surface area contributed by atoms with Gasteiger partial charge in [0, 0.05) is 45.5 Å². The number of likely N-dealkylation sites (tertiary alicyclic amines) is 1. The average molecular weight is 292 g/mol. The molecule has 1 saturated heterocycles. The van der Waals surface area contributed by atoms with Crippen molar-refractivity contribution in [2.45, 2.75) is 13.5 Å². The van der Waals surface area contributed by atoms with Crippen LogP contribution >= 0.6 is 0 Å². The van der Waals surface area contributed by atoms with Gasteiger partial charge in [0.2, 0.25) is 0 Å². The van der Waals surface area contributed by atoms with Gasteiger partial charge in [0.1, 0.15) is 17.7 Å². The van der Waals surface area contributed by atoms with Gasteiger partial charge in [-0.3, -0.25) is 4.90 Å². The Morgan fingerprint density at radius 1 is 1.18 bits per heavy atom. The summed E-state index contributed by atoms with van der Waals surface area (Å²) < 4.78 is 0. The van der Waals surface area contributed by atoms with Crippen molar-refractivity contribution < 1.29 is 0 Å². The summed E-state index contributed by atoms with van der Waals surface area (Å²) in [5.74, 6) is 0. The second-order valence-electron chi connectivity index (χ2n) is 5.83. The van der Waals surface area contributed by atoms with E-state index in [1.807, 2.05) is 37.3 Å². The van der Waals surface area contributed by atoms with E-state index < -0.39 is 0 Å². The van der Waals surface area contributed by atoms with Gasteiger partial charge in [0.15, 0.2) is 0 Å². The Kier molecular flexibility index (Phi) is 4.99. The normalized spacial score (nSPS) is 16.4. The predicted octanol–water partition coefficient (Wildman–Crippen LogP) is 2.60. The molecule has 22 heavy (non-hydrogen) atoms. The molecule has 0 bridgehead atoms. The van der Waals surface area contributed by atoms with Crippen LogP contribution in [0.2, 0.25) is 0 Å². The maximum absolute atomic E-state index is 9.16. The molecule has 0 unspecified atom stereocenters. The minimum atomic E-state index is 0.222. The van der Waals surface area contributed by atoms with Crippen LogP contribution in [0.3, 0.4) is 0 Å². The number of hydrogen-bond acceptors (Lipinski definition) is 4. The van der Waals surface area contributed by atoms with Gasteiger partial charge in [-0.05, 0) is 18.1 Å². The number of rotatable bonds is 3. The summed E-state index contributed by atoms with van der Waals surface area (Å²) in [7, 11) is 3.90. The third kappa shape index (κ3) is 3.75. The number of hydrogen-bond donors (Lipinski definition) is 0. The fraction of sp³-hybridized carbons (Fsp3) is 0.333. The van der Waals surface area contributed by atoms with Crippen molar-refractivity contribution in [2.24, 2.45) is 0 Å². The van der Waals surface area contributed by atoms with Gasteiger partial charge in [-0.15, -0.1) is 0 Å². The van der Waals surface area contributed by atoms with Crippen molar-refractivity contribution in [3.8, 4) is 12.1 Å². The van der Waals surface area contributed by atoms with E-state index in [0.717, 1.165) is 24.2 Å². The highest BCUT2D eigenvalue weighted by atomic mass is 15.1. The van der Waals surface area contributed by atoms with E-state index in [9.17, 15) is 0 Å². The summed E-state index contributed by atoms with van der Waals surface area (Å²) in [5.41, 5.74) is 4.61. The molecule has 1 aromatic carbocycles. The van der Waals surface area contributed by atoms with Gasteiger partial charge in [-0.25, -0.2) is 0 Å². The molecule has 1 aliphatic heterocycles. The van der Waals surface area contributed by atoms with Crippen LogP contribution in [0.5, 0.6) is 0 Å². The van der Waals surface area contributed by atoms with E-state index in [2.05, 4.69) is 36.1 Å². The van der Waals surface area contributed by atoms with Crippen LogP contribution in [-0.4, -0.2) is 37.0 Å². The zero-order valence-electron chi connectivity index (χ0n) is 13.3. The lowest BCUT2D eigenvalue weighted by molar-refractivity contribution is 0.346. The van der Waals surface area contributed by atoms with Crippen LogP contribution in [-0.2, 0) is 6.54 Å². The molecule has 0 atom stereocenters. The molecule has 4 nitrogen and oxygen atoms in total. The van der Waals surface area contributed by atoms with Gasteiger partial charge in [0.25, 0.3) is 0 Å². The molecule has 112 valence electrons. The Bertz CT molecular complexity index is 665. The second-order valence-corrected chi connectivity index (χ2v) is 5.83. The summed E-state index contributed by atoms with van der Waals surface area (Å²) in [6.07, 6.45) is 2.00. The molecule has 1 aromatic rings. The van der Waals surface area contributed by atoms with Crippen molar-refractivity contribution in [3.05, 3.63) is 58.3 Å². The zero-order chi connectivity index (χ0) is 16.1. The smallest absolute Gasteiger partial charge is 0.134 e. The van der Waals surface area contributed by atoms with Gasteiger partial charge < -0.3 is 4.90 Å². The molecule has 1 heterocycles. The van der Waals surface area contributed by atoms with Crippen LogP contribution in [0.25, 0.3) is 0 Å². The van der Waals surface area contributed by atoms with Crippen molar-refractivity contribution in [2.75, 3.05) is 27.2 Å². The molecule has 0 spiro atoms. The maximum atomic E-state index is 9.16. The van der Waals surface area contributed by atoms with Crippen molar-refractivity contribution >= 4 is 0 Å². The molecular formula is C18H20N4. The van der Waals surface area contributed by atoms with E-state index in [-0.39, 0.29) is 5.57 Å². The Hall–Kier alpha value is -2.56. The molecular weight excluding hydrogens is 272 g/mol. The van der Waals surface area contributed by atoms with Gasteiger partial charge in [0.05, 0.1) is 0 Å². The molecule has 1 aliphatic rings. The second kappa shape index (κ2) is 6.93. The highest BCUT2D eigenvalue weighted by Crippen LogP contribution is 2.26. The predicted molar refractivity (Wildman–Crippen MR) is 86.5 cm³/mol. The van der Waals surface area contributed by atoms with E-state index >= 15 is 0 Å². The topological polar surface area (TPSA) is 54.1 Å². The fourth-order valence-corrected chi connectivity index (χ4v) is 2.61. The average Bonchev–Trinajstić information content (AvgIpc) is 2.85. The minimum Gasteiger partial charge on any atom is -0.383 e. The lowest BCUT2D eigenvalue weighted by atomic mass is 10.1. The number of allylic oxidation sites excluding steroid dienone is 1. The van der Waals surface area contributed by atoms with Gasteiger partial charge >= 0.3 is 0 Å². The first-order valence-corrected chi connectivity index (χ1v) is 7.22. The van der Waals surface area contributed by atoms with Crippen molar-refractivity contribution in [1.29, 1.82) is 10.5 Å². The monoisotopic (exact) mass is 292 g/mol. The summed E-state index contributed by atoms with van der Waals surface area (Å²) in [6, 6.07) is 12.5. The third-order valence-electron chi connectivity index (χ3n) is 3.63. The van der Waals surface area contributed by atoms with Crippen molar-refractivity contribution in [3.63, 3.8) is 0 Å². The fourth-order valence-electron chi connectivity index (χ4n) is 2.61. The minimum absolute atomic E-state index is 0.222. The summed E-state index contributed by atoms with van der Waals surface area (Å²) in [6.45, 7) is 4.29. The van der Waals surface area contributed by atoms with Gasteiger partial charge in [-0.1, -0.05) is 29.8 Å². The van der Waals surface area contributed by atoms with Crippen LogP contribution in [0.4, 0.5) is 0 Å². The SMILES string of the molecule is Cc1ccc(CN2CC(=C(C#N)C#N)/C(=C\N(C)C)C2)cc1. The first-order chi connectivity index (χ1) is 10.5. The molecule has 0 amide bonds. The van der Waals surface area contributed by atoms with Crippen LogP contribution in [0.15, 0.2) is 47.2 Å². The van der Waals surface area contributed by atoms with Crippen molar-refractivity contribution in [1.82, 2.24) is 9.80 Å². The van der Waals surface area contributed by atoms with E-state index in [1.165, 1.54) is 11.1 Å². The Balaban J connectivity index is 2.24. The molecule has 2 rings (SSSR count). The molecule has 0 saturated carbocycles.